The average molecular weight is 292 g/mol. The van der Waals surface area contributed by atoms with Gasteiger partial charge in [-0.2, -0.15) is 0 Å². The highest BCUT2D eigenvalue weighted by Crippen LogP contribution is 2.21. The molecule has 2 rings (SSSR count). The summed E-state index contributed by atoms with van der Waals surface area (Å²) in [6.07, 6.45) is 0. The van der Waals surface area contributed by atoms with E-state index in [1.807, 2.05) is 49.4 Å². The molecule has 0 bridgehead atoms. The Bertz CT molecular complexity index is 613. The van der Waals surface area contributed by atoms with Crippen LogP contribution in [0.4, 0.5) is 0 Å². The van der Waals surface area contributed by atoms with Crippen LogP contribution in [0.3, 0.4) is 0 Å². The predicted octanol–water partition coefficient (Wildman–Crippen LogP) is 3.86. The molecule has 2 N–H and O–H groups in total. The Kier molecular flexibility index (Phi) is 4.40. The Balaban J connectivity index is 2.17. The predicted molar refractivity (Wildman–Crippen MR) is 82.9 cm³/mol. The van der Waals surface area contributed by atoms with Crippen LogP contribution in [0.1, 0.15) is 16.7 Å². The van der Waals surface area contributed by atoms with E-state index in [-0.39, 0.29) is 0 Å². The fraction of sp³-hybridized carbons (Fsp3) is 0.133. The largest absolute Gasteiger partial charge is 0.488 e. The number of hydrogen-bond donors (Lipinski definition) is 1. The minimum atomic E-state index is 0.338. The summed E-state index contributed by atoms with van der Waals surface area (Å²) in [5.74, 6) is 0.693. The lowest BCUT2D eigenvalue weighted by atomic mass is 10.1. The van der Waals surface area contributed by atoms with Crippen LogP contribution < -0.4 is 10.5 Å². The SMILES string of the molecule is Cc1ccc(OCc2cccc(Cl)c2)c(C(N)=S)c1. The number of thiocarbonyl (C=S) groups is 1. The standard InChI is InChI=1S/C15H14ClNOS/c1-10-5-6-14(13(7-10)15(17)19)18-9-11-3-2-4-12(16)8-11/h2-8H,9H2,1H3,(H2,17,19). The molecule has 0 aliphatic heterocycles. The lowest BCUT2D eigenvalue weighted by Crippen LogP contribution is -2.12. The lowest BCUT2D eigenvalue weighted by Gasteiger charge is -2.11. The topological polar surface area (TPSA) is 35.2 Å². The zero-order chi connectivity index (χ0) is 13.8. The normalized spacial score (nSPS) is 10.2. The zero-order valence-corrected chi connectivity index (χ0v) is 12.1. The van der Waals surface area contributed by atoms with Crippen LogP contribution in [0.25, 0.3) is 0 Å². The Morgan fingerprint density at radius 3 is 2.74 bits per heavy atom. The van der Waals surface area contributed by atoms with Crippen molar-refractivity contribution in [3.63, 3.8) is 0 Å². The first-order chi connectivity index (χ1) is 9.06. The van der Waals surface area contributed by atoms with Gasteiger partial charge < -0.3 is 10.5 Å². The minimum absolute atomic E-state index is 0.338. The van der Waals surface area contributed by atoms with Crippen molar-refractivity contribution < 1.29 is 4.74 Å². The molecule has 0 saturated carbocycles. The second kappa shape index (κ2) is 6.04. The zero-order valence-electron chi connectivity index (χ0n) is 10.5. The molecule has 2 aromatic carbocycles. The van der Waals surface area contributed by atoms with Crippen LogP contribution in [0.15, 0.2) is 42.5 Å². The van der Waals surface area contributed by atoms with Gasteiger partial charge in [0.05, 0.1) is 5.56 Å². The molecule has 19 heavy (non-hydrogen) atoms. The molecule has 0 spiro atoms. The third-order valence-corrected chi connectivity index (χ3v) is 3.14. The number of ether oxygens (including phenoxy) is 1. The smallest absolute Gasteiger partial charge is 0.130 e. The Labute approximate surface area is 123 Å². The lowest BCUT2D eigenvalue weighted by molar-refractivity contribution is 0.305. The van der Waals surface area contributed by atoms with Gasteiger partial charge in [-0.25, -0.2) is 0 Å². The second-order valence-corrected chi connectivity index (χ2v) is 5.16. The van der Waals surface area contributed by atoms with E-state index in [1.54, 1.807) is 0 Å². The van der Waals surface area contributed by atoms with Gasteiger partial charge in [0, 0.05) is 5.02 Å². The number of benzene rings is 2. The number of hydrogen-bond acceptors (Lipinski definition) is 2. The summed E-state index contributed by atoms with van der Waals surface area (Å²) in [5.41, 5.74) is 8.57. The van der Waals surface area contributed by atoms with Crippen molar-refractivity contribution in [3.8, 4) is 5.75 Å². The maximum absolute atomic E-state index is 5.93. The van der Waals surface area contributed by atoms with Crippen molar-refractivity contribution in [3.05, 3.63) is 64.2 Å². The fourth-order valence-corrected chi connectivity index (χ4v) is 2.12. The first-order valence-electron chi connectivity index (χ1n) is 5.84. The quantitative estimate of drug-likeness (QED) is 0.869. The molecule has 0 saturated heterocycles. The molecule has 0 radical (unpaired) electrons. The van der Waals surface area contributed by atoms with Crippen molar-refractivity contribution in [2.75, 3.05) is 0 Å². The Morgan fingerprint density at radius 2 is 2.05 bits per heavy atom. The highest BCUT2D eigenvalue weighted by molar-refractivity contribution is 7.80. The molecule has 0 aliphatic carbocycles. The van der Waals surface area contributed by atoms with Crippen molar-refractivity contribution in [2.24, 2.45) is 5.73 Å². The Morgan fingerprint density at radius 1 is 1.26 bits per heavy atom. The first kappa shape index (κ1) is 13.8. The summed E-state index contributed by atoms with van der Waals surface area (Å²) in [7, 11) is 0. The van der Waals surface area contributed by atoms with Gasteiger partial charge in [0.15, 0.2) is 0 Å². The molecular weight excluding hydrogens is 278 g/mol. The van der Waals surface area contributed by atoms with E-state index < -0.39 is 0 Å². The van der Waals surface area contributed by atoms with Crippen molar-refractivity contribution in [1.82, 2.24) is 0 Å². The van der Waals surface area contributed by atoms with Crippen molar-refractivity contribution >= 4 is 28.8 Å². The number of halogens is 1. The van der Waals surface area contributed by atoms with Crippen LogP contribution in [0, 0.1) is 6.92 Å². The maximum atomic E-state index is 5.93. The molecular formula is C15H14ClNOS. The van der Waals surface area contributed by atoms with Gasteiger partial charge in [-0.3, -0.25) is 0 Å². The summed E-state index contributed by atoms with van der Waals surface area (Å²) in [6.45, 7) is 2.42. The summed E-state index contributed by atoms with van der Waals surface area (Å²) >= 11 is 11.0. The van der Waals surface area contributed by atoms with E-state index in [0.29, 0.717) is 22.4 Å². The van der Waals surface area contributed by atoms with Gasteiger partial charge in [0.2, 0.25) is 0 Å². The van der Waals surface area contributed by atoms with Crippen LogP contribution >= 0.6 is 23.8 Å². The highest BCUT2D eigenvalue weighted by atomic mass is 35.5. The maximum Gasteiger partial charge on any atom is 0.130 e. The number of rotatable bonds is 4. The van der Waals surface area contributed by atoms with E-state index >= 15 is 0 Å². The second-order valence-electron chi connectivity index (χ2n) is 4.28. The highest BCUT2D eigenvalue weighted by Gasteiger charge is 2.07. The van der Waals surface area contributed by atoms with Crippen LogP contribution in [-0.2, 0) is 6.61 Å². The van der Waals surface area contributed by atoms with Gasteiger partial charge in [-0.05, 0) is 36.8 Å². The molecule has 4 heteroatoms. The van der Waals surface area contributed by atoms with Crippen LogP contribution in [0.5, 0.6) is 5.75 Å². The molecule has 0 amide bonds. The van der Waals surface area contributed by atoms with E-state index in [0.717, 1.165) is 16.7 Å². The fourth-order valence-electron chi connectivity index (χ4n) is 1.75. The van der Waals surface area contributed by atoms with E-state index in [1.165, 1.54) is 0 Å². The summed E-state index contributed by atoms with van der Waals surface area (Å²) < 4.78 is 5.77. The van der Waals surface area contributed by atoms with E-state index in [2.05, 4.69) is 0 Å². The number of aryl methyl sites for hydroxylation is 1. The average Bonchev–Trinajstić information content (AvgIpc) is 2.37. The summed E-state index contributed by atoms with van der Waals surface area (Å²) in [5, 5.41) is 0.694. The molecule has 2 aromatic rings. The van der Waals surface area contributed by atoms with E-state index in [9.17, 15) is 0 Å². The third-order valence-electron chi connectivity index (χ3n) is 2.68. The monoisotopic (exact) mass is 291 g/mol. The van der Waals surface area contributed by atoms with Crippen LogP contribution in [0.2, 0.25) is 5.02 Å². The number of nitrogens with two attached hydrogens (primary N) is 1. The Hall–Kier alpha value is -1.58. The third kappa shape index (κ3) is 3.69. The van der Waals surface area contributed by atoms with Gasteiger partial charge in [-0.15, -0.1) is 0 Å². The molecule has 0 fully saturated rings. The molecule has 0 aliphatic rings. The summed E-state index contributed by atoms with van der Waals surface area (Å²) in [6, 6.07) is 13.3. The molecule has 0 unspecified atom stereocenters. The van der Waals surface area contributed by atoms with Crippen molar-refractivity contribution in [1.29, 1.82) is 0 Å². The van der Waals surface area contributed by atoms with Gasteiger partial charge in [0.1, 0.15) is 17.3 Å². The van der Waals surface area contributed by atoms with Gasteiger partial charge >= 0.3 is 0 Å². The molecule has 0 aromatic heterocycles. The van der Waals surface area contributed by atoms with Crippen LogP contribution in [-0.4, -0.2) is 4.99 Å². The molecule has 2 nitrogen and oxygen atoms in total. The minimum Gasteiger partial charge on any atom is -0.488 e. The van der Waals surface area contributed by atoms with Gasteiger partial charge in [0.25, 0.3) is 0 Å². The summed E-state index contributed by atoms with van der Waals surface area (Å²) in [4.78, 5) is 0.338. The first-order valence-corrected chi connectivity index (χ1v) is 6.62. The van der Waals surface area contributed by atoms with Crippen molar-refractivity contribution in [2.45, 2.75) is 13.5 Å². The van der Waals surface area contributed by atoms with Gasteiger partial charge in [-0.1, -0.05) is 47.6 Å². The molecule has 98 valence electrons. The van der Waals surface area contributed by atoms with E-state index in [4.69, 9.17) is 34.3 Å². The molecule has 0 heterocycles. The molecule has 0 atom stereocenters.